The van der Waals surface area contributed by atoms with E-state index >= 15 is 0 Å². The van der Waals surface area contributed by atoms with Crippen LogP contribution in [-0.4, -0.2) is 21.3 Å². The van der Waals surface area contributed by atoms with Gasteiger partial charge in [0, 0.05) is 5.92 Å². The van der Waals surface area contributed by atoms with E-state index in [1.165, 1.54) is 6.07 Å². The highest BCUT2D eigenvalue weighted by molar-refractivity contribution is 5.94. The van der Waals surface area contributed by atoms with Crippen molar-refractivity contribution in [2.45, 2.75) is 19.8 Å². The van der Waals surface area contributed by atoms with Gasteiger partial charge in [-0.25, -0.2) is 4.79 Å². The molecule has 1 aromatic carbocycles. The van der Waals surface area contributed by atoms with Crippen molar-refractivity contribution >= 4 is 5.97 Å². The zero-order valence-corrected chi connectivity index (χ0v) is 9.54. The van der Waals surface area contributed by atoms with Crippen molar-refractivity contribution in [1.82, 2.24) is 10.2 Å². The van der Waals surface area contributed by atoms with Gasteiger partial charge in [-0.15, -0.1) is 10.2 Å². The summed E-state index contributed by atoms with van der Waals surface area (Å²) in [7, 11) is 0. The summed E-state index contributed by atoms with van der Waals surface area (Å²) >= 11 is 0. The van der Waals surface area contributed by atoms with Crippen LogP contribution in [0.3, 0.4) is 0 Å². The molecular formula is C12H12N2O3. The van der Waals surface area contributed by atoms with Crippen molar-refractivity contribution in [2.24, 2.45) is 0 Å². The van der Waals surface area contributed by atoms with Gasteiger partial charge in [0.25, 0.3) is 0 Å². The molecule has 5 heteroatoms. The van der Waals surface area contributed by atoms with Crippen molar-refractivity contribution in [3.8, 4) is 11.5 Å². The van der Waals surface area contributed by atoms with Crippen molar-refractivity contribution in [1.29, 1.82) is 0 Å². The average molecular weight is 232 g/mol. The molecular weight excluding hydrogens is 220 g/mol. The maximum atomic E-state index is 11.0. The zero-order chi connectivity index (χ0) is 12.4. The van der Waals surface area contributed by atoms with Gasteiger partial charge in [-0.3, -0.25) is 0 Å². The number of aromatic nitrogens is 2. The third kappa shape index (κ3) is 2.18. The predicted molar refractivity (Wildman–Crippen MR) is 60.8 cm³/mol. The molecule has 2 aromatic rings. The third-order valence-corrected chi connectivity index (χ3v) is 2.32. The van der Waals surface area contributed by atoms with Crippen LogP contribution in [0.15, 0.2) is 28.7 Å². The number of rotatable bonds is 3. The van der Waals surface area contributed by atoms with Gasteiger partial charge in [0.05, 0.1) is 11.1 Å². The van der Waals surface area contributed by atoms with Gasteiger partial charge in [0.1, 0.15) is 0 Å². The van der Waals surface area contributed by atoms with E-state index in [-0.39, 0.29) is 17.4 Å². The van der Waals surface area contributed by atoms with Crippen LogP contribution in [0, 0.1) is 0 Å². The Morgan fingerprint density at radius 3 is 2.59 bits per heavy atom. The van der Waals surface area contributed by atoms with Crippen molar-refractivity contribution < 1.29 is 14.3 Å². The molecule has 0 aliphatic rings. The van der Waals surface area contributed by atoms with Crippen molar-refractivity contribution in [3.05, 3.63) is 35.7 Å². The summed E-state index contributed by atoms with van der Waals surface area (Å²) in [6.07, 6.45) is 0. The summed E-state index contributed by atoms with van der Waals surface area (Å²) in [6, 6.07) is 6.56. The van der Waals surface area contributed by atoms with Gasteiger partial charge in [-0.2, -0.15) is 0 Å². The van der Waals surface area contributed by atoms with Crippen LogP contribution in [0.25, 0.3) is 11.5 Å². The fourth-order valence-corrected chi connectivity index (χ4v) is 1.43. The molecule has 0 radical (unpaired) electrons. The van der Waals surface area contributed by atoms with Crippen LogP contribution in [0.2, 0.25) is 0 Å². The molecule has 1 N–H and O–H groups in total. The molecule has 0 atom stereocenters. The van der Waals surface area contributed by atoms with Gasteiger partial charge in [0.15, 0.2) is 0 Å². The maximum Gasteiger partial charge on any atom is 0.336 e. The van der Waals surface area contributed by atoms with Crippen molar-refractivity contribution in [2.75, 3.05) is 0 Å². The van der Waals surface area contributed by atoms with E-state index < -0.39 is 5.97 Å². The van der Waals surface area contributed by atoms with Crippen LogP contribution in [0.5, 0.6) is 0 Å². The van der Waals surface area contributed by atoms with Gasteiger partial charge in [-0.05, 0) is 12.1 Å². The molecule has 5 nitrogen and oxygen atoms in total. The standard InChI is InChI=1S/C12H12N2O3/c1-7(2)10-13-14-11(17-10)8-5-3-4-6-9(8)12(15)16/h3-7H,1-2H3,(H,15,16). The number of aromatic carboxylic acids is 1. The van der Waals surface area contributed by atoms with Crippen LogP contribution in [0.1, 0.15) is 36.0 Å². The summed E-state index contributed by atoms with van der Waals surface area (Å²) in [6.45, 7) is 3.86. The Morgan fingerprint density at radius 2 is 2.00 bits per heavy atom. The molecule has 0 fully saturated rings. The molecule has 2 rings (SSSR count). The second-order valence-electron chi connectivity index (χ2n) is 3.95. The maximum absolute atomic E-state index is 11.0. The van der Waals surface area contributed by atoms with Crippen LogP contribution in [0.4, 0.5) is 0 Å². The Hall–Kier alpha value is -2.17. The topological polar surface area (TPSA) is 76.2 Å². The summed E-state index contributed by atoms with van der Waals surface area (Å²) in [5.74, 6) is -0.148. The number of benzene rings is 1. The number of nitrogens with zero attached hydrogens (tertiary/aromatic N) is 2. The largest absolute Gasteiger partial charge is 0.478 e. The second kappa shape index (κ2) is 4.37. The first-order chi connectivity index (χ1) is 8.09. The molecule has 0 saturated carbocycles. The lowest BCUT2D eigenvalue weighted by Gasteiger charge is -2.00. The van der Waals surface area contributed by atoms with E-state index in [0.29, 0.717) is 11.5 Å². The van der Waals surface area contributed by atoms with E-state index in [9.17, 15) is 4.79 Å². The third-order valence-electron chi connectivity index (χ3n) is 2.32. The van der Waals surface area contributed by atoms with Gasteiger partial charge >= 0.3 is 5.97 Å². The Balaban J connectivity index is 2.49. The van der Waals surface area contributed by atoms with Crippen molar-refractivity contribution in [3.63, 3.8) is 0 Å². The first-order valence-electron chi connectivity index (χ1n) is 5.25. The first kappa shape index (κ1) is 11.3. The molecule has 1 heterocycles. The molecule has 1 aromatic heterocycles. The van der Waals surface area contributed by atoms with E-state index in [2.05, 4.69) is 10.2 Å². The summed E-state index contributed by atoms with van der Waals surface area (Å²) in [5, 5.41) is 16.8. The number of hydrogen-bond acceptors (Lipinski definition) is 4. The van der Waals surface area contributed by atoms with Crippen LogP contribution in [-0.2, 0) is 0 Å². The molecule has 0 spiro atoms. The SMILES string of the molecule is CC(C)c1nnc(-c2ccccc2C(=O)O)o1. The van der Waals surface area contributed by atoms with E-state index in [1.54, 1.807) is 18.2 Å². The fourth-order valence-electron chi connectivity index (χ4n) is 1.43. The lowest BCUT2D eigenvalue weighted by Crippen LogP contribution is -1.99. The second-order valence-corrected chi connectivity index (χ2v) is 3.95. The number of hydrogen-bond donors (Lipinski definition) is 1. The lowest BCUT2D eigenvalue weighted by atomic mass is 10.1. The highest BCUT2D eigenvalue weighted by Gasteiger charge is 2.17. The molecule has 0 aliphatic heterocycles. The first-order valence-corrected chi connectivity index (χ1v) is 5.25. The van der Waals surface area contributed by atoms with Crippen LogP contribution >= 0.6 is 0 Å². The molecule has 0 saturated heterocycles. The Bertz CT molecular complexity index is 546. The smallest absolute Gasteiger partial charge is 0.336 e. The fraction of sp³-hybridized carbons (Fsp3) is 0.250. The normalized spacial score (nSPS) is 10.8. The summed E-state index contributed by atoms with van der Waals surface area (Å²) in [4.78, 5) is 11.0. The number of carboxylic acids is 1. The minimum absolute atomic E-state index is 0.119. The van der Waals surface area contributed by atoms with E-state index in [0.717, 1.165) is 0 Å². The number of carbonyl (C=O) groups is 1. The Kier molecular flexibility index (Phi) is 2.91. The summed E-state index contributed by atoms with van der Waals surface area (Å²) in [5.41, 5.74) is 0.603. The molecule has 17 heavy (non-hydrogen) atoms. The molecule has 0 amide bonds. The van der Waals surface area contributed by atoms with Crippen LogP contribution < -0.4 is 0 Å². The monoisotopic (exact) mass is 232 g/mol. The van der Waals surface area contributed by atoms with E-state index in [4.69, 9.17) is 9.52 Å². The predicted octanol–water partition coefficient (Wildman–Crippen LogP) is 2.56. The molecule has 88 valence electrons. The quantitative estimate of drug-likeness (QED) is 0.880. The Labute approximate surface area is 98.1 Å². The zero-order valence-electron chi connectivity index (χ0n) is 9.54. The Morgan fingerprint density at radius 1 is 1.29 bits per heavy atom. The summed E-state index contributed by atoms with van der Waals surface area (Å²) < 4.78 is 5.44. The molecule has 0 bridgehead atoms. The highest BCUT2D eigenvalue weighted by Crippen LogP contribution is 2.24. The highest BCUT2D eigenvalue weighted by atomic mass is 16.4. The minimum Gasteiger partial charge on any atom is -0.478 e. The van der Waals surface area contributed by atoms with Gasteiger partial charge in [0.2, 0.25) is 11.8 Å². The average Bonchev–Trinajstić information content (AvgIpc) is 2.78. The van der Waals surface area contributed by atoms with Gasteiger partial charge < -0.3 is 9.52 Å². The minimum atomic E-state index is -1.01. The van der Waals surface area contributed by atoms with E-state index in [1.807, 2.05) is 13.8 Å². The molecule has 0 unspecified atom stereocenters. The number of carboxylic acid groups (broad SMARTS) is 1. The molecule has 0 aliphatic carbocycles. The lowest BCUT2D eigenvalue weighted by molar-refractivity contribution is 0.0697. The van der Waals surface area contributed by atoms with Gasteiger partial charge in [-0.1, -0.05) is 26.0 Å².